The molecular formula is C16H20BrN3O3Si. The van der Waals surface area contributed by atoms with Gasteiger partial charge in [0.15, 0.2) is 5.82 Å². The molecule has 0 radical (unpaired) electrons. The van der Waals surface area contributed by atoms with E-state index in [1.165, 1.54) is 0 Å². The summed E-state index contributed by atoms with van der Waals surface area (Å²) in [4.78, 5) is 13.9. The predicted molar refractivity (Wildman–Crippen MR) is 99.9 cm³/mol. The molecule has 0 unspecified atom stereocenters. The molecule has 0 fully saturated rings. The first-order chi connectivity index (χ1) is 11.3. The van der Waals surface area contributed by atoms with Crippen molar-refractivity contribution in [3.8, 4) is 11.4 Å². The third kappa shape index (κ3) is 3.88. The lowest BCUT2D eigenvalue weighted by Gasteiger charge is -2.15. The Morgan fingerprint density at radius 2 is 2.17 bits per heavy atom. The minimum atomic E-state index is -1.10. The highest BCUT2D eigenvalue weighted by Gasteiger charge is 2.15. The van der Waals surface area contributed by atoms with Gasteiger partial charge in [-0.05, 0) is 24.2 Å². The summed E-state index contributed by atoms with van der Waals surface area (Å²) in [6.45, 7) is 8.21. The number of halogens is 1. The summed E-state index contributed by atoms with van der Waals surface area (Å²) in [5, 5.41) is 4.78. The van der Waals surface area contributed by atoms with Crippen LogP contribution in [-0.2, 0) is 11.5 Å². The zero-order valence-corrected chi connectivity index (χ0v) is 16.5. The van der Waals surface area contributed by atoms with Gasteiger partial charge in [-0.25, -0.2) is 4.79 Å². The summed E-state index contributed by atoms with van der Waals surface area (Å²) in [5.41, 5.74) is 1.83. The minimum absolute atomic E-state index is 0.420. The van der Waals surface area contributed by atoms with Gasteiger partial charge in [-0.15, -0.1) is 0 Å². The number of rotatable bonds is 6. The fourth-order valence-corrected chi connectivity index (χ4v) is 3.57. The van der Waals surface area contributed by atoms with Crippen molar-refractivity contribution in [3.63, 3.8) is 0 Å². The molecule has 2 heterocycles. The molecule has 0 amide bonds. The lowest BCUT2D eigenvalue weighted by Crippen LogP contribution is -2.21. The first-order valence-electron chi connectivity index (χ1n) is 7.76. The second-order valence-corrected chi connectivity index (χ2v) is 13.5. The molecular weight excluding hydrogens is 390 g/mol. The molecule has 0 atom stereocenters. The van der Waals surface area contributed by atoms with E-state index in [2.05, 4.69) is 50.2 Å². The van der Waals surface area contributed by atoms with Gasteiger partial charge in [0.05, 0.1) is 5.52 Å². The molecule has 0 aliphatic carbocycles. The van der Waals surface area contributed by atoms with E-state index in [-0.39, 0.29) is 0 Å². The maximum atomic E-state index is 11.3. The summed E-state index contributed by atoms with van der Waals surface area (Å²) in [5.74, 6) is -0.142. The van der Waals surface area contributed by atoms with Crippen LogP contribution in [0, 0.1) is 0 Å². The van der Waals surface area contributed by atoms with Gasteiger partial charge in [0.2, 0.25) is 0 Å². The quantitative estimate of drug-likeness (QED) is 0.491. The van der Waals surface area contributed by atoms with Crippen molar-refractivity contribution in [2.45, 2.75) is 32.4 Å². The van der Waals surface area contributed by atoms with Crippen LogP contribution in [0.3, 0.4) is 0 Å². The van der Waals surface area contributed by atoms with E-state index in [1.807, 2.05) is 29.0 Å². The average molecular weight is 410 g/mol. The van der Waals surface area contributed by atoms with Crippen LogP contribution in [0.25, 0.3) is 22.3 Å². The second-order valence-electron chi connectivity index (χ2n) is 6.97. The van der Waals surface area contributed by atoms with Gasteiger partial charge in [0.25, 0.3) is 0 Å². The Morgan fingerprint density at radius 3 is 2.83 bits per heavy atom. The Balaban J connectivity index is 1.90. The number of benzene rings is 1. The van der Waals surface area contributed by atoms with Crippen molar-refractivity contribution < 1.29 is 9.26 Å². The molecule has 0 saturated heterocycles. The average Bonchev–Trinajstić information content (AvgIpc) is 3.06. The standard InChI is InChI=1S/C16H20BrN3O3Si/c1-24(2,3)7-6-22-10-20-9-13(15-18-16(21)23-19-15)12-8-11(17)4-5-14(12)20/h4-5,8-9H,6-7,10H2,1-3H3,(H,18,19,21). The van der Waals surface area contributed by atoms with Crippen molar-refractivity contribution in [2.24, 2.45) is 0 Å². The molecule has 1 aromatic carbocycles. The molecule has 0 aliphatic heterocycles. The summed E-state index contributed by atoms with van der Waals surface area (Å²) in [6.07, 6.45) is 1.93. The van der Waals surface area contributed by atoms with Crippen LogP contribution in [-0.4, -0.2) is 29.4 Å². The van der Waals surface area contributed by atoms with E-state index >= 15 is 0 Å². The maximum absolute atomic E-state index is 11.3. The summed E-state index contributed by atoms with van der Waals surface area (Å²) in [7, 11) is -1.10. The molecule has 128 valence electrons. The van der Waals surface area contributed by atoms with Crippen LogP contribution in [0.15, 0.2) is 38.2 Å². The Morgan fingerprint density at radius 1 is 1.38 bits per heavy atom. The molecule has 3 aromatic rings. The Labute approximate surface area is 148 Å². The predicted octanol–water partition coefficient (Wildman–Crippen LogP) is 4.06. The highest BCUT2D eigenvalue weighted by Crippen LogP contribution is 2.30. The van der Waals surface area contributed by atoms with Gasteiger partial charge >= 0.3 is 5.76 Å². The van der Waals surface area contributed by atoms with Crippen molar-refractivity contribution in [3.05, 3.63) is 39.4 Å². The van der Waals surface area contributed by atoms with E-state index in [0.29, 0.717) is 12.6 Å². The van der Waals surface area contributed by atoms with Crippen LogP contribution in [0.1, 0.15) is 0 Å². The summed E-state index contributed by atoms with van der Waals surface area (Å²) >= 11 is 3.49. The molecule has 2 aromatic heterocycles. The number of nitrogens with one attached hydrogen (secondary N) is 1. The molecule has 6 nitrogen and oxygen atoms in total. The SMILES string of the molecule is C[Si](C)(C)CCOCn1cc(-c2noc(=O)[nH]2)c2cc(Br)ccc21. The lowest BCUT2D eigenvalue weighted by atomic mass is 10.2. The van der Waals surface area contributed by atoms with Crippen LogP contribution in [0.5, 0.6) is 0 Å². The minimum Gasteiger partial charge on any atom is -0.361 e. The molecule has 0 aliphatic rings. The monoisotopic (exact) mass is 409 g/mol. The number of H-pyrrole nitrogens is 1. The fraction of sp³-hybridized carbons (Fsp3) is 0.375. The third-order valence-corrected chi connectivity index (χ3v) is 5.96. The zero-order chi connectivity index (χ0) is 17.3. The Kier molecular flexibility index (Phi) is 4.80. The molecule has 1 N–H and O–H groups in total. The van der Waals surface area contributed by atoms with Gasteiger partial charge < -0.3 is 9.30 Å². The van der Waals surface area contributed by atoms with Crippen LogP contribution in [0.2, 0.25) is 25.7 Å². The number of ether oxygens (including phenoxy) is 1. The number of fused-ring (bicyclic) bond motifs is 1. The lowest BCUT2D eigenvalue weighted by molar-refractivity contribution is 0.0903. The van der Waals surface area contributed by atoms with E-state index in [1.54, 1.807) is 0 Å². The summed E-state index contributed by atoms with van der Waals surface area (Å²) < 4.78 is 13.5. The van der Waals surface area contributed by atoms with Crippen molar-refractivity contribution in [2.75, 3.05) is 6.61 Å². The topological polar surface area (TPSA) is 73.0 Å². The second kappa shape index (κ2) is 6.70. The van der Waals surface area contributed by atoms with Crippen LogP contribution < -0.4 is 5.76 Å². The van der Waals surface area contributed by atoms with Gasteiger partial charge in [0.1, 0.15) is 6.73 Å². The van der Waals surface area contributed by atoms with E-state index in [9.17, 15) is 4.79 Å². The van der Waals surface area contributed by atoms with Crippen LogP contribution >= 0.6 is 15.9 Å². The van der Waals surface area contributed by atoms with E-state index < -0.39 is 13.8 Å². The maximum Gasteiger partial charge on any atom is 0.439 e. The summed E-state index contributed by atoms with van der Waals surface area (Å²) in [6, 6.07) is 7.12. The number of hydrogen-bond acceptors (Lipinski definition) is 4. The molecule has 24 heavy (non-hydrogen) atoms. The third-order valence-electron chi connectivity index (χ3n) is 3.77. The van der Waals surface area contributed by atoms with Gasteiger partial charge in [-0.3, -0.25) is 9.51 Å². The molecule has 0 bridgehead atoms. The fourth-order valence-electron chi connectivity index (χ4n) is 2.45. The zero-order valence-electron chi connectivity index (χ0n) is 13.9. The normalized spacial score (nSPS) is 12.2. The van der Waals surface area contributed by atoms with Gasteiger partial charge in [-0.2, -0.15) is 0 Å². The number of nitrogens with zero attached hydrogens (tertiary/aromatic N) is 2. The van der Waals surface area contributed by atoms with Gasteiger partial charge in [0, 0.05) is 36.3 Å². The van der Waals surface area contributed by atoms with E-state index in [4.69, 9.17) is 4.74 Å². The number of aromatic amines is 1. The Hall–Kier alpha value is -1.64. The van der Waals surface area contributed by atoms with Gasteiger partial charge in [-0.1, -0.05) is 40.7 Å². The highest BCUT2D eigenvalue weighted by molar-refractivity contribution is 9.10. The highest BCUT2D eigenvalue weighted by atomic mass is 79.9. The first kappa shape index (κ1) is 17.2. The molecule has 0 saturated carbocycles. The molecule has 3 rings (SSSR count). The molecule has 8 heteroatoms. The number of aromatic nitrogens is 3. The largest absolute Gasteiger partial charge is 0.439 e. The smallest absolute Gasteiger partial charge is 0.361 e. The Bertz CT molecular complexity index is 907. The van der Waals surface area contributed by atoms with Crippen LogP contribution in [0.4, 0.5) is 0 Å². The molecule has 0 spiro atoms. The van der Waals surface area contributed by atoms with Crippen molar-refractivity contribution in [1.29, 1.82) is 0 Å². The van der Waals surface area contributed by atoms with Crippen molar-refractivity contribution >= 4 is 34.9 Å². The van der Waals surface area contributed by atoms with E-state index in [0.717, 1.165) is 33.6 Å². The number of hydrogen-bond donors (Lipinski definition) is 1. The first-order valence-corrected chi connectivity index (χ1v) is 12.3. The van der Waals surface area contributed by atoms with Crippen molar-refractivity contribution in [1.82, 2.24) is 14.7 Å².